The second kappa shape index (κ2) is 9.69. The standard InChI is InChI=1S/C25H25NO3/c1-3-19-16-10-11-18(2)24(19)26-22(27)17-29-25(28)23(20-12-6-4-7-13-20)21-14-8-5-9-15-21/h4-16,23H,3,17H2,1-2H3,(H,26,27). The number of carbonyl (C=O) groups is 2. The number of rotatable bonds is 7. The number of nitrogens with one attached hydrogen (secondary N) is 1. The first-order valence-corrected chi connectivity index (χ1v) is 9.75. The van der Waals surface area contributed by atoms with E-state index in [1.54, 1.807) is 0 Å². The zero-order valence-electron chi connectivity index (χ0n) is 16.7. The summed E-state index contributed by atoms with van der Waals surface area (Å²) < 4.78 is 5.41. The van der Waals surface area contributed by atoms with Crippen molar-refractivity contribution in [2.75, 3.05) is 11.9 Å². The molecule has 0 spiro atoms. The van der Waals surface area contributed by atoms with Gasteiger partial charge in [-0.2, -0.15) is 0 Å². The summed E-state index contributed by atoms with van der Waals surface area (Å²) in [5.74, 6) is -1.37. The van der Waals surface area contributed by atoms with Gasteiger partial charge in [0.25, 0.3) is 5.91 Å². The van der Waals surface area contributed by atoms with Crippen LogP contribution in [0.1, 0.15) is 35.1 Å². The van der Waals surface area contributed by atoms with Crippen molar-refractivity contribution >= 4 is 17.6 Å². The van der Waals surface area contributed by atoms with Gasteiger partial charge in [-0.3, -0.25) is 9.59 Å². The molecule has 29 heavy (non-hydrogen) atoms. The van der Waals surface area contributed by atoms with Gasteiger partial charge >= 0.3 is 5.97 Å². The first kappa shape index (κ1) is 20.3. The predicted molar refractivity (Wildman–Crippen MR) is 115 cm³/mol. The van der Waals surface area contributed by atoms with E-state index in [0.717, 1.165) is 34.4 Å². The fourth-order valence-corrected chi connectivity index (χ4v) is 3.35. The number of para-hydroxylation sites is 1. The molecule has 0 aliphatic rings. The molecule has 3 aromatic carbocycles. The van der Waals surface area contributed by atoms with Gasteiger partial charge in [-0.15, -0.1) is 0 Å². The first-order valence-electron chi connectivity index (χ1n) is 9.75. The minimum Gasteiger partial charge on any atom is -0.455 e. The molecular weight excluding hydrogens is 362 g/mol. The van der Waals surface area contributed by atoms with Crippen LogP contribution in [0.2, 0.25) is 0 Å². The monoisotopic (exact) mass is 387 g/mol. The van der Waals surface area contributed by atoms with E-state index in [1.807, 2.05) is 92.7 Å². The molecule has 148 valence electrons. The van der Waals surface area contributed by atoms with Crippen molar-refractivity contribution in [1.29, 1.82) is 0 Å². The van der Waals surface area contributed by atoms with Crippen LogP contribution in [-0.2, 0) is 20.7 Å². The van der Waals surface area contributed by atoms with E-state index in [2.05, 4.69) is 5.32 Å². The maximum absolute atomic E-state index is 12.9. The minimum atomic E-state index is -0.574. The molecule has 0 bridgehead atoms. The minimum absolute atomic E-state index is 0.327. The van der Waals surface area contributed by atoms with E-state index in [4.69, 9.17) is 4.74 Å². The van der Waals surface area contributed by atoms with Gasteiger partial charge in [-0.25, -0.2) is 0 Å². The van der Waals surface area contributed by atoms with Gasteiger partial charge in [-0.1, -0.05) is 85.8 Å². The molecule has 0 saturated carbocycles. The number of amides is 1. The predicted octanol–water partition coefficient (Wildman–Crippen LogP) is 4.87. The Bertz CT molecular complexity index is 928. The number of esters is 1. The highest BCUT2D eigenvalue weighted by Crippen LogP contribution is 2.26. The molecule has 0 aliphatic heterocycles. The van der Waals surface area contributed by atoms with Crippen molar-refractivity contribution in [3.63, 3.8) is 0 Å². The number of hydrogen-bond donors (Lipinski definition) is 1. The van der Waals surface area contributed by atoms with Gasteiger partial charge in [0, 0.05) is 5.69 Å². The average molecular weight is 387 g/mol. The quantitative estimate of drug-likeness (QED) is 0.589. The Morgan fingerprint density at radius 1 is 0.862 bits per heavy atom. The molecule has 4 nitrogen and oxygen atoms in total. The molecular formula is C25H25NO3. The molecule has 0 heterocycles. The summed E-state index contributed by atoms with van der Waals surface area (Å²) in [5.41, 5.74) is 4.48. The molecule has 0 fully saturated rings. The lowest BCUT2D eigenvalue weighted by molar-refractivity contribution is -0.147. The summed E-state index contributed by atoms with van der Waals surface area (Å²) >= 11 is 0. The average Bonchev–Trinajstić information content (AvgIpc) is 2.75. The van der Waals surface area contributed by atoms with E-state index in [0.29, 0.717) is 0 Å². The normalized spacial score (nSPS) is 10.6. The zero-order chi connectivity index (χ0) is 20.6. The Morgan fingerprint density at radius 2 is 1.45 bits per heavy atom. The van der Waals surface area contributed by atoms with Gasteiger partial charge in [-0.05, 0) is 35.6 Å². The van der Waals surface area contributed by atoms with Crippen LogP contribution in [0, 0.1) is 6.92 Å². The van der Waals surface area contributed by atoms with Crippen molar-refractivity contribution in [2.45, 2.75) is 26.2 Å². The van der Waals surface area contributed by atoms with E-state index in [9.17, 15) is 9.59 Å². The van der Waals surface area contributed by atoms with Crippen LogP contribution in [0.15, 0.2) is 78.9 Å². The molecule has 1 amide bonds. The highest BCUT2D eigenvalue weighted by molar-refractivity contribution is 5.95. The molecule has 0 aliphatic carbocycles. The molecule has 0 unspecified atom stereocenters. The van der Waals surface area contributed by atoms with Crippen molar-refractivity contribution < 1.29 is 14.3 Å². The van der Waals surface area contributed by atoms with E-state index in [1.165, 1.54) is 0 Å². The summed E-state index contributed by atoms with van der Waals surface area (Å²) in [5, 5.41) is 2.89. The molecule has 1 N–H and O–H groups in total. The Balaban J connectivity index is 1.72. The fraction of sp³-hybridized carbons (Fsp3) is 0.200. The lowest BCUT2D eigenvalue weighted by Crippen LogP contribution is -2.25. The van der Waals surface area contributed by atoms with Gasteiger partial charge in [0.2, 0.25) is 0 Å². The largest absolute Gasteiger partial charge is 0.455 e. The zero-order valence-corrected chi connectivity index (χ0v) is 16.7. The van der Waals surface area contributed by atoms with Crippen LogP contribution in [0.25, 0.3) is 0 Å². The summed E-state index contributed by atoms with van der Waals surface area (Å²) in [6, 6.07) is 24.8. The number of carbonyl (C=O) groups excluding carboxylic acids is 2. The van der Waals surface area contributed by atoms with Crippen LogP contribution in [-0.4, -0.2) is 18.5 Å². The van der Waals surface area contributed by atoms with E-state index in [-0.39, 0.29) is 12.5 Å². The molecule has 0 radical (unpaired) electrons. The molecule has 4 heteroatoms. The molecule has 0 atom stereocenters. The number of benzene rings is 3. The van der Waals surface area contributed by atoms with Gasteiger partial charge < -0.3 is 10.1 Å². The van der Waals surface area contributed by atoms with Gasteiger partial charge in [0.05, 0.1) is 0 Å². The Labute approximate surface area is 171 Å². The molecule has 0 saturated heterocycles. The van der Waals surface area contributed by atoms with Crippen molar-refractivity contribution in [2.24, 2.45) is 0 Å². The van der Waals surface area contributed by atoms with Crippen LogP contribution in [0.3, 0.4) is 0 Å². The SMILES string of the molecule is CCc1cccc(C)c1NC(=O)COC(=O)C(c1ccccc1)c1ccccc1. The third-order valence-corrected chi connectivity index (χ3v) is 4.85. The molecule has 3 aromatic rings. The van der Waals surface area contributed by atoms with Gasteiger partial charge in [0.15, 0.2) is 6.61 Å². The van der Waals surface area contributed by atoms with Crippen LogP contribution >= 0.6 is 0 Å². The fourth-order valence-electron chi connectivity index (χ4n) is 3.35. The summed E-state index contributed by atoms with van der Waals surface area (Å²) in [6.07, 6.45) is 0.807. The number of ether oxygens (including phenoxy) is 1. The highest BCUT2D eigenvalue weighted by Gasteiger charge is 2.25. The highest BCUT2D eigenvalue weighted by atomic mass is 16.5. The van der Waals surface area contributed by atoms with Gasteiger partial charge in [0.1, 0.15) is 5.92 Å². The summed E-state index contributed by atoms with van der Waals surface area (Å²) in [7, 11) is 0. The molecule has 3 rings (SSSR count). The smallest absolute Gasteiger partial charge is 0.318 e. The van der Waals surface area contributed by atoms with Crippen LogP contribution in [0.5, 0.6) is 0 Å². The maximum atomic E-state index is 12.9. The van der Waals surface area contributed by atoms with Crippen molar-refractivity contribution in [3.05, 3.63) is 101 Å². The topological polar surface area (TPSA) is 55.4 Å². The van der Waals surface area contributed by atoms with E-state index >= 15 is 0 Å². The summed E-state index contributed by atoms with van der Waals surface area (Å²) in [4.78, 5) is 25.3. The second-order valence-corrected chi connectivity index (χ2v) is 6.87. The number of anilines is 1. The molecule has 0 aromatic heterocycles. The Hall–Kier alpha value is -3.40. The Morgan fingerprint density at radius 3 is 2.00 bits per heavy atom. The lowest BCUT2D eigenvalue weighted by atomic mass is 9.91. The third kappa shape index (κ3) is 5.11. The second-order valence-electron chi connectivity index (χ2n) is 6.87. The van der Waals surface area contributed by atoms with Crippen molar-refractivity contribution in [3.8, 4) is 0 Å². The number of aryl methyl sites for hydroxylation is 2. The van der Waals surface area contributed by atoms with Crippen LogP contribution in [0.4, 0.5) is 5.69 Å². The van der Waals surface area contributed by atoms with Crippen LogP contribution < -0.4 is 5.32 Å². The third-order valence-electron chi connectivity index (χ3n) is 4.85. The summed E-state index contributed by atoms with van der Waals surface area (Å²) in [6.45, 7) is 3.66. The van der Waals surface area contributed by atoms with E-state index < -0.39 is 11.9 Å². The Kier molecular flexibility index (Phi) is 6.80. The number of hydrogen-bond acceptors (Lipinski definition) is 3. The first-order chi connectivity index (χ1) is 14.1. The van der Waals surface area contributed by atoms with Crippen molar-refractivity contribution in [1.82, 2.24) is 0 Å². The maximum Gasteiger partial charge on any atom is 0.318 e. The lowest BCUT2D eigenvalue weighted by Gasteiger charge is -2.17.